The molecule has 106 valence electrons. The second-order valence-corrected chi connectivity index (χ2v) is 5.03. The molecule has 1 aliphatic rings. The molecule has 0 spiro atoms. The summed E-state index contributed by atoms with van der Waals surface area (Å²) in [4.78, 5) is 27.5. The minimum Gasteiger partial charge on any atom is -0.326 e. The average molecular weight is 281 g/mol. The number of rotatable bonds is 4. The number of carbonyl (C=O) groups is 2. The minimum atomic E-state index is -0.188. The molecule has 3 rings (SSSR count). The van der Waals surface area contributed by atoms with Gasteiger partial charge < -0.3 is 10.6 Å². The molecule has 1 aromatic carbocycles. The Hall–Kier alpha value is -2.69. The standard InChI is InChI=1S/C16H15N3O2/c20-15(11-1-2-11)18-13-3-5-14(6-4-13)19-16(21)12-7-9-17-10-8-12/h3-11H,1-2H2,(H,18,20)(H,19,21). The second-order valence-electron chi connectivity index (χ2n) is 5.03. The molecule has 0 aliphatic heterocycles. The largest absolute Gasteiger partial charge is 0.326 e. The lowest BCUT2D eigenvalue weighted by atomic mass is 10.2. The van der Waals surface area contributed by atoms with Crippen molar-refractivity contribution in [3.63, 3.8) is 0 Å². The summed E-state index contributed by atoms with van der Waals surface area (Å²) in [6.07, 6.45) is 5.11. The molecule has 1 aromatic heterocycles. The van der Waals surface area contributed by atoms with Crippen LogP contribution in [0.25, 0.3) is 0 Å². The van der Waals surface area contributed by atoms with E-state index in [-0.39, 0.29) is 17.7 Å². The Kier molecular flexibility index (Phi) is 3.64. The Morgan fingerprint density at radius 1 is 0.905 bits per heavy atom. The van der Waals surface area contributed by atoms with E-state index in [1.54, 1.807) is 48.8 Å². The molecule has 0 atom stereocenters. The van der Waals surface area contributed by atoms with Crippen molar-refractivity contribution >= 4 is 23.2 Å². The fourth-order valence-electron chi connectivity index (χ4n) is 1.93. The number of aromatic nitrogens is 1. The summed E-state index contributed by atoms with van der Waals surface area (Å²) < 4.78 is 0. The van der Waals surface area contributed by atoms with Crippen molar-refractivity contribution < 1.29 is 9.59 Å². The van der Waals surface area contributed by atoms with Crippen molar-refractivity contribution in [2.24, 2.45) is 5.92 Å². The number of anilines is 2. The van der Waals surface area contributed by atoms with Crippen LogP contribution in [0.2, 0.25) is 0 Å². The lowest BCUT2D eigenvalue weighted by Crippen LogP contribution is -2.14. The van der Waals surface area contributed by atoms with E-state index in [2.05, 4.69) is 15.6 Å². The summed E-state index contributed by atoms with van der Waals surface area (Å²) in [5.41, 5.74) is 1.98. The average Bonchev–Trinajstić information content (AvgIpc) is 3.35. The zero-order valence-corrected chi connectivity index (χ0v) is 11.4. The highest BCUT2D eigenvalue weighted by Crippen LogP contribution is 2.30. The first kappa shape index (κ1) is 13.3. The van der Waals surface area contributed by atoms with Gasteiger partial charge in [0.1, 0.15) is 0 Å². The van der Waals surface area contributed by atoms with Gasteiger partial charge in [0.25, 0.3) is 5.91 Å². The SMILES string of the molecule is O=C(Nc1ccc(NC(=O)C2CC2)cc1)c1ccncc1. The van der Waals surface area contributed by atoms with Crippen LogP contribution < -0.4 is 10.6 Å². The number of nitrogens with zero attached hydrogens (tertiary/aromatic N) is 1. The number of hydrogen-bond donors (Lipinski definition) is 2. The fraction of sp³-hybridized carbons (Fsp3) is 0.188. The van der Waals surface area contributed by atoms with E-state index in [0.717, 1.165) is 18.5 Å². The van der Waals surface area contributed by atoms with Gasteiger partial charge in [0.15, 0.2) is 0 Å². The maximum atomic E-state index is 12.0. The summed E-state index contributed by atoms with van der Waals surface area (Å²) >= 11 is 0. The molecule has 1 aliphatic carbocycles. The van der Waals surface area contributed by atoms with Crippen LogP contribution in [0, 0.1) is 5.92 Å². The summed E-state index contributed by atoms with van der Waals surface area (Å²) in [6, 6.07) is 10.4. The normalized spacial score (nSPS) is 13.5. The Labute approximate surface area is 122 Å². The van der Waals surface area contributed by atoms with Gasteiger partial charge >= 0.3 is 0 Å². The lowest BCUT2D eigenvalue weighted by molar-refractivity contribution is -0.117. The smallest absolute Gasteiger partial charge is 0.255 e. The Morgan fingerprint density at radius 3 is 2.05 bits per heavy atom. The molecular weight excluding hydrogens is 266 g/mol. The number of benzene rings is 1. The Bertz CT molecular complexity index is 649. The van der Waals surface area contributed by atoms with Gasteiger partial charge in [-0.2, -0.15) is 0 Å². The number of pyridine rings is 1. The van der Waals surface area contributed by atoms with E-state index in [4.69, 9.17) is 0 Å². The molecule has 5 heteroatoms. The maximum Gasteiger partial charge on any atom is 0.255 e. The Morgan fingerprint density at radius 2 is 1.48 bits per heavy atom. The van der Waals surface area contributed by atoms with Crippen LogP contribution in [0.4, 0.5) is 11.4 Å². The van der Waals surface area contributed by atoms with Crippen molar-refractivity contribution in [3.05, 3.63) is 54.4 Å². The molecule has 21 heavy (non-hydrogen) atoms. The van der Waals surface area contributed by atoms with Crippen molar-refractivity contribution in [1.29, 1.82) is 0 Å². The molecule has 1 heterocycles. The third kappa shape index (κ3) is 3.45. The number of carbonyl (C=O) groups excluding carboxylic acids is 2. The van der Waals surface area contributed by atoms with E-state index < -0.39 is 0 Å². The third-order valence-electron chi connectivity index (χ3n) is 3.30. The number of amides is 2. The first-order valence-corrected chi connectivity index (χ1v) is 6.85. The van der Waals surface area contributed by atoms with Crippen LogP contribution in [0.15, 0.2) is 48.8 Å². The third-order valence-corrected chi connectivity index (χ3v) is 3.30. The van der Waals surface area contributed by atoms with Gasteiger partial charge in [0, 0.05) is 35.2 Å². The summed E-state index contributed by atoms with van der Waals surface area (Å²) in [5, 5.41) is 5.65. The van der Waals surface area contributed by atoms with Crippen LogP contribution in [0.5, 0.6) is 0 Å². The maximum absolute atomic E-state index is 12.0. The number of hydrogen-bond acceptors (Lipinski definition) is 3. The van der Waals surface area contributed by atoms with Gasteiger partial charge in [-0.1, -0.05) is 0 Å². The van der Waals surface area contributed by atoms with Crippen molar-refractivity contribution in [1.82, 2.24) is 4.98 Å². The molecule has 1 fully saturated rings. The van der Waals surface area contributed by atoms with E-state index >= 15 is 0 Å². The monoisotopic (exact) mass is 281 g/mol. The minimum absolute atomic E-state index is 0.0728. The summed E-state index contributed by atoms with van der Waals surface area (Å²) in [5.74, 6) is 0.0619. The van der Waals surface area contributed by atoms with E-state index in [1.165, 1.54) is 0 Å². The number of nitrogens with one attached hydrogen (secondary N) is 2. The topological polar surface area (TPSA) is 71.1 Å². The van der Waals surface area contributed by atoms with E-state index in [9.17, 15) is 9.59 Å². The fourth-order valence-corrected chi connectivity index (χ4v) is 1.93. The van der Waals surface area contributed by atoms with Gasteiger partial charge in [-0.3, -0.25) is 14.6 Å². The van der Waals surface area contributed by atoms with Gasteiger partial charge in [-0.05, 0) is 49.2 Å². The molecule has 1 saturated carbocycles. The molecule has 2 amide bonds. The quantitative estimate of drug-likeness (QED) is 0.905. The van der Waals surface area contributed by atoms with Gasteiger partial charge in [-0.15, -0.1) is 0 Å². The predicted octanol–water partition coefficient (Wildman–Crippen LogP) is 2.68. The molecule has 2 N–H and O–H groups in total. The summed E-state index contributed by atoms with van der Waals surface area (Å²) in [6.45, 7) is 0. The molecule has 0 unspecified atom stereocenters. The highest BCUT2D eigenvalue weighted by atomic mass is 16.2. The zero-order valence-electron chi connectivity index (χ0n) is 11.4. The molecule has 0 bridgehead atoms. The Balaban J connectivity index is 1.61. The van der Waals surface area contributed by atoms with Crippen LogP contribution in [-0.2, 0) is 4.79 Å². The summed E-state index contributed by atoms with van der Waals surface area (Å²) in [7, 11) is 0. The molecular formula is C16H15N3O2. The first-order chi connectivity index (χ1) is 10.2. The van der Waals surface area contributed by atoms with Crippen molar-refractivity contribution in [2.45, 2.75) is 12.8 Å². The zero-order chi connectivity index (χ0) is 14.7. The van der Waals surface area contributed by atoms with Gasteiger partial charge in [-0.25, -0.2) is 0 Å². The van der Waals surface area contributed by atoms with Crippen LogP contribution in [0.1, 0.15) is 23.2 Å². The van der Waals surface area contributed by atoms with E-state index in [0.29, 0.717) is 11.3 Å². The highest BCUT2D eigenvalue weighted by Gasteiger charge is 2.29. The lowest BCUT2D eigenvalue weighted by Gasteiger charge is -2.07. The van der Waals surface area contributed by atoms with E-state index in [1.807, 2.05) is 0 Å². The second kappa shape index (κ2) is 5.75. The predicted molar refractivity (Wildman–Crippen MR) is 80.0 cm³/mol. The molecule has 0 saturated heterocycles. The molecule has 2 aromatic rings. The van der Waals surface area contributed by atoms with Gasteiger partial charge in [0.2, 0.25) is 5.91 Å². The van der Waals surface area contributed by atoms with Crippen LogP contribution >= 0.6 is 0 Å². The highest BCUT2D eigenvalue weighted by molar-refractivity contribution is 6.04. The van der Waals surface area contributed by atoms with Crippen molar-refractivity contribution in [3.8, 4) is 0 Å². The van der Waals surface area contributed by atoms with Crippen molar-refractivity contribution in [2.75, 3.05) is 10.6 Å². The molecule has 0 radical (unpaired) electrons. The van der Waals surface area contributed by atoms with Gasteiger partial charge in [0.05, 0.1) is 0 Å². The first-order valence-electron chi connectivity index (χ1n) is 6.85. The molecule has 5 nitrogen and oxygen atoms in total. The van der Waals surface area contributed by atoms with Crippen LogP contribution in [-0.4, -0.2) is 16.8 Å². The van der Waals surface area contributed by atoms with Crippen LogP contribution in [0.3, 0.4) is 0 Å².